The van der Waals surface area contributed by atoms with Crippen LogP contribution in [-0.2, 0) is 13.1 Å². The second kappa shape index (κ2) is 12.2. The SMILES string of the molecule is CN=C(NCc1cc(OC)ccc1O)NC1CCN(Cc2ccc(Cl)cc2)CC1.I. The Morgan fingerprint density at radius 2 is 1.90 bits per heavy atom. The van der Waals surface area contributed by atoms with E-state index in [1.165, 1.54) is 5.56 Å². The van der Waals surface area contributed by atoms with E-state index in [-0.39, 0.29) is 29.7 Å². The standard InChI is InChI=1S/C22H29ClN4O2.HI/c1-24-22(25-14-17-13-20(29-2)7-8-21(17)28)26-19-9-11-27(12-10-19)15-16-3-5-18(23)6-4-16;/h3-8,13,19,28H,9-12,14-15H2,1-2H3,(H2,24,25,26);1H. The molecule has 0 atom stereocenters. The second-order valence-corrected chi connectivity index (χ2v) is 7.68. The molecule has 1 aliphatic rings. The first-order valence-electron chi connectivity index (χ1n) is 9.87. The molecular weight excluding hydrogens is 515 g/mol. The number of ether oxygens (including phenoxy) is 1. The number of piperidine rings is 1. The molecule has 6 nitrogen and oxygen atoms in total. The Balaban J connectivity index is 0.00000320. The van der Waals surface area contributed by atoms with Gasteiger partial charge in [0, 0.05) is 49.9 Å². The van der Waals surface area contributed by atoms with E-state index in [0.29, 0.717) is 12.6 Å². The van der Waals surface area contributed by atoms with Gasteiger partial charge in [-0.2, -0.15) is 0 Å². The Labute approximate surface area is 200 Å². The number of methoxy groups -OCH3 is 1. The summed E-state index contributed by atoms with van der Waals surface area (Å²) in [7, 11) is 3.37. The summed E-state index contributed by atoms with van der Waals surface area (Å²) in [5.74, 6) is 1.70. The smallest absolute Gasteiger partial charge is 0.191 e. The molecule has 0 amide bonds. The molecule has 1 aliphatic heterocycles. The lowest BCUT2D eigenvalue weighted by molar-refractivity contribution is 0.198. The Kier molecular flexibility index (Phi) is 10.0. The minimum atomic E-state index is 0. The molecular formula is C22H30ClIN4O2. The molecule has 0 radical (unpaired) electrons. The first-order chi connectivity index (χ1) is 14.1. The van der Waals surface area contributed by atoms with Gasteiger partial charge < -0.3 is 20.5 Å². The third-order valence-corrected chi connectivity index (χ3v) is 5.46. The summed E-state index contributed by atoms with van der Waals surface area (Å²) in [5.41, 5.74) is 2.06. The van der Waals surface area contributed by atoms with Crippen LogP contribution < -0.4 is 15.4 Å². The van der Waals surface area contributed by atoms with E-state index in [1.807, 2.05) is 18.2 Å². The van der Waals surface area contributed by atoms with E-state index in [0.717, 1.165) is 54.8 Å². The number of likely N-dealkylation sites (tertiary alicyclic amines) is 1. The topological polar surface area (TPSA) is 69.1 Å². The average Bonchev–Trinajstić information content (AvgIpc) is 2.75. The van der Waals surface area contributed by atoms with Gasteiger partial charge in [0.2, 0.25) is 0 Å². The van der Waals surface area contributed by atoms with Crippen molar-refractivity contribution < 1.29 is 9.84 Å². The van der Waals surface area contributed by atoms with Gasteiger partial charge in [0.1, 0.15) is 11.5 Å². The van der Waals surface area contributed by atoms with E-state index in [2.05, 4.69) is 32.7 Å². The van der Waals surface area contributed by atoms with Crippen molar-refractivity contribution in [2.45, 2.75) is 32.0 Å². The fraction of sp³-hybridized carbons (Fsp3) is 0.409. The van der Waals surface area contributed by atoms with E-state index in [4.69, 9.17) is 16.3 Å². The van der Waals surface area contributed by atoms with Crippen molar-refractivity contribution >= 4 is 41.5 Å². The van der Waals surface area contributed by atoms with Gasteiger partial charge in [-0.1, -0.05) is 23.7 Å². The van der Waals surface area contributed by atoms with Crippen molar-refractivity contribution in [2.75, 3.05) is 27.2 Å². The molecule has 1 fully saturated rings. The highest BCUT2D eigenvalue weighted by atomic mass is 127. The molecule has 30 heavy (non-hydrogen) atoms. The minimum Gasteiger partial charge on any atom is -0.508 e. The average molecular weight is 545 g/mol. The Morgan fingerprint density at radius 3 is 2.53 bits per heavy atom. The zero-order valence-corrected chi connectivity index (χ0v) is 20.5. The van der Waals surface area contributed by atoms with Crippen LogP contribution in [0.2, 0.25) is 5.02 Å². The number of nitrogens with one attached hydrogen (secondary N) is 2. The third kappa shape index (κ3) is 7.21. The minimum absolute atomic E-state index is 0. The Morgan fingerprint density at radius 1 is 1.20 bits per heavy atom. The van der Waals surface area contributed by atoms with Crippen LogP contribution in [0.1, 0.15) is 24.0 Å². The lowest BCUT2D eigenvalue weighted by atomic mass is 10.0. The molecule has 8 heteroatoms. The van der Waals surface area contributed by atoms with Crippen LogP contribution in [0.15, 0.2) is 47.5 Å². The maximum absolute atomic E-state index is 10.0. The maximum Gasteiger partial charge on any atom is 0.191 e. The number of phenols is 1. The van der Waals surface area contributed by atoms with Crippen molar-refractivity contribution in [1.29, 1.82) is 0 Å². The number of guanidine groups is 1. The molecule has 1 saturated heterocycles. The molecule has 0 saturated carbocycles. The number of halogens is 2. The molecule has 0 bridgehead atoms. The fourth-order valence-corrected chi connectivity index (χ4v) is 3.61. The summed E-state index contributed by atoms with van der Waals surface area (Å²) in [5, 5.41) is 17.6. The summed E-state index contributed by atoms with van der Waals surface area (Å²) >= 11 is 5.97. The predicted octanol–water partition coefficient (Wildman–Crippen LogP) is 4.00. The van der Waals surface area contributed by atoms with Crippen LogP contribution in [0.4, 0.5) is 0 Å². The molecule has 0 aliphatic carbocycles. The van der Waals surface area contributed by atoms with Crippen LogP contribution in [0.5, 0.6) is 11.5 Å². The van der Waals surface area contributed by atoms with Gasteiger partial charge in [0.15, 0.2) is 5.96 Å². The summed E-state index contributed by atoms with van der Waals surface area (Å²) < 4.78 is 5.23. The lowest BCUT2D eigenvalue weighted by Crippen LogP contribution is -2.48. The number of benzene rings is 2. The summed E-state index contributed by atoms with van der Waals surface area (Å²) in [6.07, 6.45) is 2.11. The third-order valence-electron chi connectivity index (χ3n) is 5.20. The van der Waals surface area contributed by atoms with Crippen LogP contribution >= 0.6 is 35.6 Å². The van der Waals surface area contributed by atoms with E-state index >= 15 is 0 Å². The van der Waals surface area contributed by atoms with Gasteiger partial charge in [-0.15, -0.1) is 24.0 Å². The summed E-state index contributed by atoms with van der Waals surface area (Å²) in [4.78, 5) is 6.78. The van der Waals surface area contributed by atoms with Crippen molar-refractivity contribution in [3.8, 4) is 11.5 Å². The van der Waals surface area contributed by atoms with E-state index in [9.17, 15) is 5.11 Å². The predicted molar refractivity (Wildman–Crippen MR) is 133 cm³/mol. The molecule has 2 aromatic rings. The fourth-order valence-electron chi connectivity index (χ4n) is 3.48. The van der Waals surface area contributed by atoms with E-state index < -0.39 is 0 Å². The molecule has 0 aromatic heterocycles. The van der Waals surface area contributed by atoms with Crippen molar-refractivity contribution in [2.24, 2.45) is 4.99 Å². The molecule has 3 rings (SSSR count). The quantitative estimate of drug-likeness (QED) is 0.291. The first-order valence-corrected chi connectivity index (χ1v) is 10.2. The number of hydrogen-bond acceptors (Lipinski definition) is 4. The number of phenolic OH excluding ortho intramolecular Hbond substituents is 1. The van der Waals surface area contributed by atoms with Gasteiger partial charge in [0.25, 0.3) is 0 Å². The van der Waals surface area contributed by atoms with Crippen LogP contribution in [0, 0.1) is 0 Å². The number of aromatic hydroxyl groups is 1. The monoisotopic (exact) mass is 544 g/mol. The van der Waals surface area contributed by atoms with Crippen molar-refractivity contribution in [1.82, 2.24) is 15.5 Å². The van der Waals surface area contributed by atoms with E-state index in [1.54, 1.807) is 26.3 Å². The Hall–Kier alpha value is -1.71. The molecule has 3 N–H and O–H groups in total. The van der Waals surface area contributed by atoms with Crippen LogP contribution in [0.3, 0.4) is 0 Å². The Bertz CT molecular complexity index is 824. The van der Waals surface area contributed by atoms with Gasteiger partial charge in [-0.3, -0.25) is 9.89 Å². The van der Waals surface area contributed by atoms with Gasteiger partial charge in [-0.25, -0.2) is 0 Å². The highest BCUT2D eigenvalue weighted by Crippen LogP contribution is 2.22. The van der Waals surface area contributed by atoms with Crippen LogP contribution in [0.25, 0.3) is 0 Å². The number of nitrogens with zero attached hydrogens (tertiary/aromatic N) is 2. The van der Waals surface area contributed by atoms with Gasteiger partial charge >= 0.3 is 0 Å². The zero-order valence-electron chi connectivity index (χ0n) is 17.4. The number of rotatable bonds is 6. The second-order valence-electron chi connectivity index (χ2n) is 7.24. The molecule has 164 valence electrons. The summed E-state index contributed by atoms with van der Waals surface area (Å²) in [6.45, 7) is 3.49. The van der Waals surface area contributed by atoms with Crippen molar-refractivity contribution in [3.05, 3.63) is 58.6 Å². The summed E-state index contributed by atoms with van der Waals surface area (Å²) in [6, 6.07) is 13.7. The van der Waals surface area contributed by atoms with Crippen LogP contribution in [-0.4, -0.2) is 49.3 Å². The number of aliphatic imine (C=N–C) groups is 1. The van der Waals surface area contributed by atoms with Gasteiger partial charge in [-0.05, 0) is 48.7 Å². The highest BCUT2D eigenvalue weighted by Gasteiger charge is 2.20. The van der Waals surface area contributed by atoms with Gasteiger partial charge in [0.05, 0.1) is 7.11 Å². The largest absolute Gasteiger partial charge is 0.508 e. The normalized spacial score (nSPS) is 15.4. The zero-order chi connectivity index (χ0) is 20.6. The van der Waals surface area contributed by atoms with Crippen molar-refractivity contribution in [3.63, 3.8) is 0 Å². The maximum atomic E-state index is 10.0. The molecule has 0 unspecified atom stereocenters. The number of hydrogen-bond donors (Lipinski definition) is 3. The first kappa shape index (κ1) is 24.6. The lowest BCUT2D eigenvalue weighted by Gasteiger charge is -2.33. The molecule has 2 aromatic carbocycles. The molecule has 0 spiro atoms. The molecule has 1 heterocycles. The highest BCUT2D eigenvalue weighted by molar-refractivity contribution is 14.0.